The van der Waals surface area contributed by atoms with Crippen molar-refractivity contribution >= 4 is 11.5 Å². The molecule has 0 fully saturated rings. The molecule has 1 aromatic heterocycles. The molecule has 0 aliphatic heterocycles. The van der Waals surface area contributed by atoms with Crippen molar-refractivity contribution in [2.45, 2.75) is 13.3 Å². The molecule has 0 saturated carbocycles. The topological polar surface area (TPSA) is 44.2 Å². The number of aromatic nitrogens is 2. The maximum atomic E-state index is 5.99. The number of benzene rings is 2. The molecule has 0 spiro atoms. The van der Waals surface area contributed by atoms with E-state index in [1.165, 1.54) is 11.5 Å². The summed E-state index contributed by atoms with van der Waals surface area (Å²) in [6.45, 7) is 4.09. The molecular weight excluding hydrogens is 320 g/mol. The highest BCUT2D eigenvalue weighted by Crippen LogP contribution is 2.37. The highest BCUT2D eigenvalue weighted by molar-refractivity contribution is 7.09. The minimum Gasteiger partial charge on any atom is -0.493 e. The first kappa shape index (κ1) is 16.6. The molecule has 0 atom stereocenters. The van der Waals surface area contributed by atoms with E-state index < -0.39 is 0 Å². The van der Waals surface area contributed by atoms with Gasteiger partial charge in [0.15, 0.2) is 0 Å². The van der Waals surface area contributed by atoms with Gasteiger partial charge in [-0.3, -0.25) is 0 Å². The molecular formula is C19H19N2O2S. The molecule has 123 valence electrons. The SMILES string of the molecule is CCOCCCOc1ccccc1-c1ccccc1-c1[c]nns1. The van der Waals surface area contributed by atoms with E-state index >= 15 is 0 Å². The normalized spacial score (nSPS) is 10.7. The van der Waals surface area contributed by atoms with Gasteiger partial charge in [0.1, 0.15) is 11.9 Å². The Labute approximate surface area is 146 Å². The Morgan fingerprint density at radius 3 is 2.46 bits per heavy atom. The second-order valence-corrected chi connectivity index (χ2v) is 5.91. The highest BCUT2D eigenvalue weighted by atomic mass is 32.1. The van der Waals surface area contributed by atoms with Crippen molar-refractivity contribution in [3.8, 4) is 27.3 Å². The van der Waals surface area contributed by atoms with Gasteiger partial charge in [-0.15, -0.1) is 5.10 Å². The van der Waals surface area contributed by atoms with Crippen LogP contribution in [0, 0.1) is 6.20 Å². The van der Waals surface area contributed by atoms with Gasteiger partial charge in [-0.1, -0.05) is 47.0 Å². The molecule has 3 aromatic rings. The molecule has 0 saturated heterocycles. The molecule has 1 heterocycles. The quantitative estimate of drug-likeness (QED) is 0.568. The summed E-state index contributed by atoms with van der Waals surface area (Å²) < 4.78 is 15.3. The molecule has 1 radical (unpaired) electrons. The van der Waals surface area contributed by atoms with Gasteiger partial charge in [-0.05, 0) is 30.1 Å². The highest BCUT2D eigenvalue weighted by Gasteiger charge is 2.13. The summed E-state index contributed by atoms with van der Waals surface area (Å²) in [5.41, 5.74) is 3.23. The summed E-state index contributed by atoms with van der Waals surface area (Å²) in [5, 5.41) is 3.83. The zero-order valence-corrected chi connectivity index (χ0v) is 14.4. The van der Waals surface area contributed by atoms with Crippen LogP contribution in [0.1, 0.15) is 13.3 Å². The maximum absolute atomic E-state index is 5.99. The van der Waals surface area contributed by atoms with E-state index in [0.29, 0.717) is 6.61 Å². The Morgan fingerprint density at radius 2 is 1.71 bits per heavy atom. The number of rotatable bonds is 8. The average Bonchev–Trinajstić information content (AvgIpc) is 3.16. The third-order valence-corrected chi connectivity index (χ3v) is 4.23. The average molecular weight is 339 g/mol. The number of para-hydroxylation sites is 1. The zero-order chi connectivity index (χ0) is 16.6. The largest absolute Gasteiger partial charge is 0.493 e. The van der Waals surface area contributed by atoms with Crippen LogP contribution < -0.4 is 4.74 Å². The van der Waals surface area contributed by atoms with Gasteiger partial charge < -0.3 is 9.47 Å². The van der Waals surface area contributed by atoms with Crippen LogP contribution in [0.25, 0.3) is 21.6 Å². The molecule has 3 rings (SSSR count). The van der Waals surface area contributed by atoms with Gasteiger partial charge in [0.2, 0.25) is 0 Å². The van der Waals surface area contributed by atoms with Crippen LogP contribution in [0.4, 0.5) is 0 Å². The van der Waals surface area contributed by atoms with Gasteiger partial charge >= 0.3 is 0 Å². The fraction of sp³-hybridized carbons (Fsp3) is 0.263. The number of hydrogen-bond acceptors (Lipinski definition) is 5. The second kappa shape index (κ2) is 8.57. The molecule has 0 aliphatic carbocycles. The van der Waals surface area contributed by atoms with Crippen LogP contribution in [-0.4, -0.2) is 29.4 Å². The van der Waals surface area contributed by atoms with Crippen LogP contribution in [0.15, 0.2) is 48.5 Å². The lowest BCUT2D eigenvalue weighted by Crippen LogP contribution is -2.03. The van der Waals surface area contributed by atoms with Crippen molar-refractivity contribution in [1.82, 2.24) is 9.59 Å². The van der Waals surface area contributed by atoms with Crippen LogP contribution >= 0.6 is 11.5 Å². The number of nitrogens with zero attached hydrogens (tertiary/aromatic N) is 2. The molecule has 4 nitrogen and oxygen atoms in total. The summed E-state index contributed by atoms with van der Waals surface area (Å²) in [5.74, 6) is 0.874. The minimum absolute atomic E-state index is 0.632. The van der Waals surface area contributed by atoms with E-state index in [1.807, 2.05) is 37.3 Å². The molecule has 24 heavy (non-hydrogen) atoms. The summed E-state index contributed by atoms with van der Waals surface area (Å²) in [7, 11) is 0. The summed E-state index contributed by atoms with van der Waals surface area (Å²) in [6, 6.07) is 16.3. The lowest BCUT2D eigenvalue weighted by molar-refractivity contribution is 0.131. The third kappa shape index (κ3) is 3.99. The van der Waals surface area contributed by atoms with E-state index in [1.54, 1.807) is 0 Å². The summed E-state index contributed by atoms with van der Waals surface area (Å²) >= 11 is 1.34. The fourth-order valence-electron chi connectivity index (χ4n) is 2.48. The van der Waals surface area contributed by atoms with Gasteiger partial charge in [0.25, 0.3) is 0 Å². The number of hydrogen-bond donors (Lipinski definition) is 0. The van der Waals surface area contributed by atoms with E-state index in [-0.39, 0.29) is 0 Å². The predicted molar refractivity (Wildman–Crippen MR) is 96.2 cm³/mol. The van der Waals surface area contributed by atoms with Crippen LogP contribution in [0.2, 0.25) is 0 Å². The first-order valence-electron chi connectivity index (χ1n) is 7.99. The zero-order valence-electron chi connectivity index (χ0n) is 13.6. The van der Waals surface area contributed by atoms with Gasteiger partial charge in [-0.2, -0.15) is 0 Å². The fourth-order valence-corrected chi connectivity index (χ4v) is 3.00. The van der Waals surface area contributed by atoms with Crippen molar-refractivity contribution in [3.05, 3.63) is 54.7 Å². The van der Waals surface area contributed by atoms with Gasteiger partial charge in [0, 0.05) is 30.8 Å². The van der Waals surface area contributed by atoms with E-state index in [9.17, 15) is 0 Å². The molecule has 0 aliphatic rings. The predicted octanol–water partition coefficient (Wildman–Crippen LogP) is 4.48. The Kier molecular flexibility index (Phi) is 5.93. The van der Waals surface area contributed by atoms with Crippen molar-refractivity contribution in [2.24, 2.45) is 0 Å². The van der Waals surface area contributed by atoms with Crippen LogP contribution in [0.5, 0.6) is 5.75 Å². The molecule has 0 unspecified atom stereocenters. The second-order valence-electron chi connectivity index (χ2n) is 5.15. The third-order valence-electron chi connectivity index (χ3n) is 3.57. The minimum atomic E-state index is 0.632. The first-order chi connectivity index (χ1) is 11.9. The Bertz CT molecular complexity index is 760. The van der Waals surface area contributed by atoms with Gasteiger partial charge in [0.05, 0.1) is 11.5 Å². The molecule has 0 amide bonds. The number of ether oxygens (including phenoxy) is 2. The Hall–Kier alpha value is -2.24. The summed E-state index contributed by atoms with van der Waals surface area (Å²) in [4.78, 5) is 0.928. The molecule has 5 heteroatoms. The lowest BCUT2D eigenvalue weighted by atomic mass is 9.98. The Morgan fingerprint density at radius 1 is 0.958 bits per heavy atom. The van der Waals surface area contributed by atoms with Crippen molar-refractivity contribution < 1.29 is 9.47 Å². The summed E-state index contributed by atoms with van der Waals surface area (Å²) in [6.07, 6.45) is 3.82. The molecule has 2 aromatic carbocycles. The lowest BCUT2D eigenvalue weighted by Gasteiger charge is -2.14. The van der Waals surface area contributed by atoms with E-state index in [0.717, 1.165) is 47.0 Å². The van der Waals surface area contributed by atoms with Gasteiger partial charge in [-0.25, -0.2) is 0 Å². The first-order valence-corrected chi connectivity index (χ1v) is 8.77. The standard InChI is InChI=1S/C19H19N2O2S/c1-2-22-12-7-13-23-18-11-6-5-9-16(18)15-8-3-4-10-17(15)19-14-20-21-24-19/h3-6,8-11H,2,7,12-13H2,1H3. The van der Waals surface area contributed by atoms with E-state index in [4.69, 9.17) is 9.47 Å². The van der Waals surface area contributed by atoms with Crippen LogP contribution in [-0.2, 0) is 4.74 Å². The van der Waals surface area contributed by atoms with Crippen molar-refractivity contribution in [2.75, 3.05) is 19.8 Å². The van der Waals surface area contributed by atoms with Crippen LogP contribution in [0.3, 0.4) is 0 Å². The maximum Gasteiger partial charge on any atom is 0.135 e. The smallest absolute Gasteiger partial charge is 0.135 e. The van der Waals surface area contributed by atoms with Crippen molar-refractivity contribution in [3.63, 3.8) is 0 Å². The van der Waals surface area contributed by atoms with Crippen molar-refractivity contribution in [1.29, 1.82) is 0 Å². The molecule has 0 N–H and O–H groups in total. The monoisotopic (exact) mass is 339 g/mol. The Balaban J connectivity index is 1.85. The van der Waals surface area contributed by atoms with E-state index in [2.05, 4.69) is 34.0 Å². The molecule has 0 bridgehead atoms.